The van der Waals surface area contributed by atoms with Gasteiger partial charge in [0.15, 0.2) is 11.0 Å². The van der Waals surface area contributed by atoms with Crippen molar-refractivity contribution in [2.45, 2.75) is 5.16 Å². The Balaban J connectivity index is 1.49. The third-order valence-corrected chi connectivity index (χ3v) is 6.12. The molecule has 0 saturated heterocycles. The van der Waals surface area contributed by atoms with E-state index in [1.807, 2.05) is 59.2 Å². The summed E-state index contributed by atoms with van der Waals surface area (Å²) in [5.74, 6) is -0.721. The molecule has 3 aromatic carbocycles. The molecule has 10 heteroatoms. The van der Waals surface area contributed by atoms with Crippen LogP contribution in [0.15, 0.2) is 93.6 Å². The van der Waals surface area contributed by atoms with Crippen molar-refractivity contribution >= 4 is 45.8 Å². The van der Waals surface area contributed by atoms with E-state index in [1.165, 1.54) is 24.0 Å². The van der Waals surface area contributed by atoms with Crippen molar-refractivity contribution in [3.63, 3.8) is 0 Å². The van der Waals surface area contributed by atoms with Crippen LogP contribution in [-0.2, 0) is 4.79 Å². The van der Waals surface area contributed by atoms with E-state index >= 15 is 0 Å². The van der Waals surface area contributed by atoms with E-state index in [4.69, 9.17) is 0 Å². The quantitative estimate of drug-likeness (QED) is 0.193. The number of thioether (sulfide) groups is 1. The number of carboxylic acid groups (broad SMARTS) is 1. The molecule has 0 aliphatic heterocycles. The van der Waals surface area contributed by atoms with E-state index in [1.54, 1.807) is 18.2 Å². The summed E-state index contributed by atoms with van der Waals surface area (Å²) in [6, 6.07) is 23.8. The minimum absolute atomic E-state index is 0.0449. The molecule has 0 aliphatic carbocycles. The van der Waals surface area contributed by atoms with Gasteiger partial charge in [0.1, 0.15) is 0 Å². The SMILES string of the molecule is O=C(CSc1nnc(-c2ccc(Br)cc2)n1-c1ccccc1)N/N=C\c1ccccc1C(=O)O. The molecule has 2 N–H and O–H groups in total. The number of nitrogens with zero attached hydrogens (tertiary/aromatic N) is 4. The number of hydrogen-bond acceptors (Lipinski definition) is 6. The van der Waals surface area contributed by atoms with Crippen LogP contribution in [0.5, 0.6) is 0 Å². The van der Waals surface area contributed by atoms with E-state index in [0.29, 0.717) is 16.5 Å². The third-order valence-electron chi connectivity index (χ3n) is 4.67. The first kappa shape index (κ1) is 23.4. The minimum Gasteiger partial charge on any atom is -0.478 e. The number of aromatic nitrogens is 3. The summed E-state index contributed by atoms with van der Waals surface area (Å²) in [6.07, 6.45) is 1.31. The lowest BCUT2D eigenvalue weighted by atomic mass is 10.1. The van der Waals surface area contributed by atoms with Gasteiger partial charge in [0.25, 0.3) is 5.91 Å². The van der Waals surface area contributed by atoms with Gasteiger partial charge in [-0.25, -0.2) is 10.2 Å². The lowest BCUT2D eigenvalue weighted by Crippen LogP contribution is -2.20. The normalized spacial score (nSPS) is 11.0. The molecule has 0 unspecified atom stereocenters. The summed E-state index contributed by atoms with van der Waals surface area (Å²) in [5, 5.41) is 22.3. The van der Waals surface area contributed by atoms with Gasteiger partial charge in [-0.3, -0.25) is 9.36 Å². The summed E-state index contributed by atoms with van der Waals surface area (Å²) in [6.45, 7) is 0. The van der Waals surface area contributed by atoms with Crippen molar-refractivity contribution in [2.24, 2.45) is 5.10 Å². The Labute approximate surface area is 207 Å². The van der Waals surface area contributed by atoms with Crippen molar-refractivity contribution in [3.05, 3.63) is 94.5 Å². The standard InChI is InChI=1S/C24H18BrN5O3S/c25-18-12-10-16(11-13-18)22-28-29-24(30(22)19-7-2-1-3-8-19)34-15-21(31)27-26-14-17-6-4-5-9-20(17)23(32)33/h1-14H,15H2,(H,27,31)(H,32,33)/b26-14-. The Morgan fingerprint density at radius 1 is 1.00 bits per heavy atom. The van der Waals surface area contributed by atoms with E-state index in [2.05, 4.69) is 36.7 Å². The van der Waals surface area contributed by atoms with Gasteiger partial charge in [-0.15, -0.1) is 10.2 Å². The van der Waals surface area contributed by atoms with Gasteiger partial charge in [0.05, 0.1) is 17.5 Å². The number of benzene rings is 3. The van der Waals surface area contributed by atoms with E-state index in [0.717, 1.165) is 15.7 Å². The molecule has 1 heterocycles. The molecule has 4 rings (SSSR count). The fourth-order valence-corrected chi connectivity index (χ4v) is 4.11. The molecule has 8 nitrogen and oxygen atoms in total. The molecule has 0 aliphatic rings. The maximum absolute atomic E-state index is 12.4. The van der Waals surface area contributed by atoms with Gasteiger partial charge in [-0.2, -0.15) is 5.10 Å². The number of nitrogens with one attached hydrogen (secondary N) is 1. The molecule has 1 amide bonds. The first-order valence-corrected chi connectivity index (χ1v) is 11.8. The minimum atomic E-state index is -1.06. The molecule has 0 atom stereocenters. The topological polar surface area (TPSA) is 109 Å². The van der Waals surface area contributed by atoms with Gasteiger partial charge < -0.3 is 5.11 Å². The second-order valence-corrected chi connectivity index (χ2v) is 8.82. The lowest BCUT2D eigenvalue weighted by molar-refractivity contribution is -0.118. The Morgan fingerprint density at radius 3 is 2.44 bits per heavy atom. The number of carbonyl (C=O) groups excluding carboxylic acids is 1. The summed E-state index contributed by atoms with van der Waals surface area (Å²) in [7, 11) is 0. The first-order chi connectivity index (χ1) is 16.5. The number of halogens is 1. The van der Waals surface area contributed by atoms with Crippen molar-refractivity contribution in [2.75, 3.05) is 5.75 Å². The lowest BCUT2D eigenvalue weighted by Gasteiger charge is -2.10. The summed E-state index contributed by atoms with van der Waals surface area (Å²) in [4.78, 5) is 23.6. The van der Waals surface area contributed by atoms with Crippen LogP contribution in [0, 0.1) is 0 Å². The molecule has 0 bridgehead atoms. The number of hydrogen-bond donors (Lipinski definition) is 2. The average Bonchev–Trinajstić information content (AvgIpc) is 3.28. The number of rotatable bonds is 8. The summed E-state index contributed by atoms with van der Waals surface area (Å²) < 4.78 is 2.85. The predicted octanol–water partition coefficient (Wildman–Crippen LogP) is 4.64. The molecule has 4 aromatic rings. The maximum Gasteiger partial charge on any atom is 0.336 e. The Bertz CT molecular complexity index is 1340. The van der Waals surface area contributed by atoms with Gasteiger partial charge in [0, 0.05) is 21.3 Å². The maximum atomic E-state index is 12.4. The zero-order valence-electron chi connectivity index (χ0n) is 17.6. The highest BCUT2D eigenvalue weighted by atomic mass is 79.9. The molecule has 1 aromatic heterocycles. The summed E-state index contributed by atoms with van der Waals surface area (Å²) in [5.41, 5.74) is 4.68. The van der Waals surface area contributed by atoms with Gasteiger partial charge >= 0.3 is 5.97 Å². The van der Waals surface area contributed by atoms with Crippen LogP contribution in [0.4, 0.5) is 0 Å². The van der Waals surface area contributed by atoms with E-state index < -0.39 is 5.97 Å². The van der Waals surface area contributed by atoms with Crippen molar-refractivity contribution in [1.82, 2.24) is 20.2 Å². The van der Waals surface area contributed by atoms with E-state index in [9.17, 15) is 14.7 Å². The molecule has 170 valence electrons. The zero-order valence-corrected chi connectivity index (χ0v) is 20.0. The van der Waals surface area contributed by atoms with E-state index in [-0.39, 0.29) is 17.2 Å². The highest BCUT2D eigenvalue weighted by Crippen LogP contribution is 2.28. The number of hydrazone groups is 1. The Hall–Kier alpha value is -3.76. The third kappa shape index (κ3) is 5.59. The van der Waals surface area contributed by atoms with Gasteiger partial charge in [-0.05, 0) is 30.3 Å². The van der Waals surface area contributed by atoms with Crippen LogP contribution < -0.4 is 5.43 Å². The number of para-hydroxylation sites is 1. The molecule has 0 saturated carbocycles. The van der Waals surface area contributed by atoms with Crippen LogP contribution >= 0.6 is 27.7 Å². The fourth-order valence-electron chi connectivity index (χ4n) is 3.10. The number of carbonyl (C=O) groups is 2. The van der Waals surface area contributed by atoms with Gasteiger partial charge in [-0.1, -0.05) is 76.2 Å². The second-order valence-electron chi connectivity index (χ2n) is 6.96. The van der Waals surface area contributed by atoms with Crippen molar-refractivity contribution in [1.29, 1.82) is 0 Å². The Kier molecular flexibility index (Phi) is 7.51. The smallest absolute Gasteiger partial charge is 0.336 e. The highest BCUT2D eigenvalue weighted by molar-refractivity contribution is 9.10. The fraction of sp³-hybridized carbons (Fsp3) is 0.0417. The number of carboxylic acids is 1. The van der Waals surface area contributed by atoms with Crippen LogP contribution in [0.2, 0.25) is 0 Å². The molecule has 0 spiro atoms. The molecule has 0 fully saturated rings. The average molecular weight is 536 g/mol. The van der Waals surface area contributed by atoms with Crippen molar-refractivity contribution in [3.8, 4) is 17.1 Å². The molecule has 34 heavy (non-hydrogen) atoms. The van der Waals surface area contributed by atoms with Gasteiger partial charge in [0.2, 0.25) is 0 Å². The van der Waals surface area contributed by atoms with Crippen LogP contribution in [0.1, 0.15) is 15.9 Å². The van der Waals surface area contributed by atoms with Crippen LogP contribution in [0.3, 0.4) is 0 Å². The Morgan fingerprint density at radius 2 is 1.71 bits per heavy atom. The van der Waals surface area contributed by atoms with Crippen LogP contribution in [0.25, 0.3) is 17.1 Å². The number of aromatic carboxylic acids is 1. The molecular weight excluding hydrogens is 518 g/mol. The molecular formula is C24H18BrN5O3S. The highest BCUT2D eigenvalue weighted by Gasteiger charge is 2.17. The number of amides is 1. The first-order valence-electron chi connectivity index (χ1n) is 10.1. The largest absolute Gasteiger partial charge is 0.478 e. The molecule has 0 radical (unpaired) electrons. The predicted molar refractivity (Wildman–Crippen MR) is 134 cm³/mol. The van der Waals surface area contributed by atoms with Crippen molar-refractivity contribution < 1.29 is 14.7 Å². The van der Waals surface area contributed by atoms with Crippen LogP contribution in [-0.4, -0.2) is 43.7 Å². The second kappa shape index (κ2) is 10.9. The zero-order chi connectivity index (χ0) is 23.9. The monoisotopic (exact) mass is 535 g/mol. The summed E-state index contributed by atoms with van der Waals surface area (Å²) >= 11 is 4.66.